The smallest absolute Gasteiger partial charge is 0.308 e. The Bertz CT molecular complexity index is 1320. The molecule has 10 heteroatoms. The van der Waals surface area contributed by atoms with Gasteiger partial charge in [-0.15, -0.1) is 0 Å². The second-order valence-electron chi connectivity index (χ2n) is 11.3. The van der Waals surface area contributed by atoms with Gasteiger partial charge in [0.1, 0.15) is 17.2 Å². The van der Waals surface area contributed by atoms with E-state index in [9.17, 15) is 27.8 Å². The van der Waals surface area contributed by atoms with Crippen LogP contribution in [0.5, 0.6) is 0 Å². The number of esters is 1. The summed E-state index contributed by atoms with van der Waals surface area (Å²) in [5.41, 5.74) is 2.81. The van der Waals surface area contributed by atoms with Gasteiger partial charge < -0.3 is 14.9 Å². The number of aromatic nitrogens is 1. The minimum Gasteiger partial charge on any atom is -0.460 e. The molecule has 0 unspecified atom stereocenters. The molecular formula is C29H39FN2O6S. The number of pyridine rings is 1. The summed E-state index contributed by atoms with van der Waals surface area (Å²) in [7, 11) is -3.57. The highest BCUT2D eigenvalue weighted by Crippen LogP contribution is 2.41. The Morgan fingerprint density at radius 2 is 1.85 bits per heavy atom. The zero-order valence-electron chi connectivity index (χ0n) is 23.4. The second-order valence-corrected chi connectivity index (χ2v) is 13.2. The Morgan fingerprint density at radius 1 is 1.21 bits per heavy atom. The van der Waals surface area contributed by atoms with Gasteiger partial charge in [0.25, 0.3) is 0 Å². The molecule has 214 valence electrons. The van der Waals surface area contributed by atoms with Crippen molar-refractivity contribution in [2.75, 3.05) is 17.1 Å². The fraction of sp³-hybridized carbons (Fsp3) is 0.517. The predicted octanol–water partition coefficient (Wildman–Crippen LogP) is 4.58. The molecule has 39 heavy (non-hydrogen) atoms. The van der Waals surface area contributed by atoms with Crippen LogP contribution in [0.25, 0.3) is 17.2 Å². The van der Waals surface area contributed by atoms with Crippen molar-refractivity contribution in [1.82, 2.24) is 4.98 Å². The molecule has 0 spiro atoms. The number of aliphatic hydroxyl groups is 2. The molecule has 2 aromatic rings. The van der Waals surface area contributed by atoms with Crippen LogP contribution >= 0.6 is 0 Å². The Hall–Kier alpha value is -2.82. The lowest BCUT2D eigenvalue weighted by molar-refractivity contribution is -0.157. The van der Waals surface area contributed by atoms with E-state index >= 15 is 0 Å². The van der Waals surface area contributed by atoms with Crippen LogP contribution in [0.2, 0.25) is 0 Å². The average molecular weight is 563 g/mol. The number of benzene rings is 1. The molecule has 1 aromatic heterocycles. The van der Waals surface area contributed by atoms with E-state index in [1.54, 1.807) is 39.0 Å². The van der Waals surface area contributed by atoms with Crippen LogP contribution in [0, 0.1) is 5.82 Å². The minimum atomic E-state index is -3.57. The summed E-state index contributed by atoms with van der Waals surface area (Å²) in [4.78, 5) is 16.9. The maximum absolute atomic E-state index is 13.8. The normalized spacial score (nSPS) is 15.9. The second kappa shape index (κ2) is 12.1. The summed E-state index contributed by atoms with van der Waals surface area (Å²) in [6.45, 7) is 9.41. The van der Waals surface area contributed by atoms with E-state index in [1.807, 2.05) is 13.8 Å². The lowest BCUT2D eigenvalue weighted by Crippen LogP contribution is -2.36. The van der Waals surface area contributed by atoms with Crippen molar-refractivity contribution in [3.63, 3.8) is 0 Å². The number of sulfonamides is 1. The molecule has 3 rings (SSSR count). The number of carbonyl (C=O) groups is 1. The van der Waals surface area contributed by atoms with E-state index in [4.69, 9.17) is 9.72 Å². The van der Waals surface area contributed by atoms with E-state index in [1.165, 1.54) is 22.5 Å². The molecule has 2 N–H and O–H groups in total. The third-order valence-electron chi connectivity index (χ3n) is 6.27. The van der Waals surface area contributed by atoms with Crippen molar-refractivity contribution < 1.29 is 32.6 Å². The highest BCUT2D eigenvalue weighted by atomic mass is 32.2. The lowest BCUT2D eigenvalue weighted by atomic mass is 9.87. The fourth-order valence-corrected chi connectivity index (χ4v) is 5.62. The topological polar surface area (TPSA) is 117 Å². The number of hydrogen-bond acceptors (Lipinski definition) is 7. The predicted molar refractivity (Wildman–Crippen MR) is 150 cm³/mol. The van der Waals surface area contributed by atoms with Crippen LogP contribution in [0.15, 0.2) is 30.3 Å². The van der Waals surface area contributed by atoms with Gasteiger partial charge in [0.2, 0.25) is 10.0 Å². The summed E-state index contributed by atoms with van der Waals surface area (Å²) in [5.74, 6) is -0.680. The summed E-state index contributed by atoms with van der Waals surface area (Å²) >= 11 is 0. The zero-order chi connectivity index (χ0) is 29.1. The van der Waals surface area contributed by atoms with Gasteiger partial charge in [0.15, 0.2) is 0 Å². The van der Waals surface area contributed by atoms with Crippen LogP contribution in [-0.2, 0) is 26.0 Å². The van der Waals surface area contributed by atoms with Crippen LogP contribution in [0.3, 0.4) is 0 Å². The number of carbonyl (C=O) groups excluding carboxylic acids is 1. The molecule has 0 fully saturated rings. The lowest BCUT2D eigenvalue weighted by Gasteiger charge is -2.32. The summed E-state index contributed by atoms with van der Waals surface area (Å²) in [5, 5.41) is 21.0. The van der Waals surface area contributed by atoms with Crippen molar-refractivity contribution in [3.05, 3.63) is 53.0 Å². The quantitative estimate of drug-likeness (QED) is 0.430. The number of rotatable bonds is 9. The van der Waals surface area contributed by atoms with Gasteiger partial charge in [0.05, 0.1) is 30.6 Å². The Kier molecular flexibility index (Phi) is 9.56. The molecule has 1 aromatic carbocycles. The van der Waals surface area contributed by atoms with Crippen molar-refractivity contribution >= 4 is 27.9 Å². The largest absolute Gasteiger partial charge is 0.460 e. The van der Waals surface area contributed by atoms with Gasteiger partial charge in [-0.3, -0.25) is 9.10 Å². The van der Waals surface area contributed by atoms with E-state index in [2.05, 4.69) is 0 Å². The number of nitrogens with zero attached hydrogens (tertiary/aromatic N) is 2. The summed E-state index contributed by atoms with van der Waals surface area (Å²) < 4.78 is 45.6. The number of aliphatic hydroxyl groups excluding tert-OH is 2. The van der Waals surface area contributed by atoms with Gasteiger partial charge in [0, 0.05) is 24.1 Å². The first-order chi connectivity index (χ1) is 18.1. The number of hydrogen-bond donors (Lipinski definition) is 2. The highest BCUT2D eigenvalue weighted by Gasteiger charge is 2.31. The summed E-state index contributed by atoms with van der Waals surface area (Å²) in [6, 6.07) is 5.99. The van der Waals surface area contributed by atoms with Crippen molar-refractivity contribution in [2.45, 2.75) is 84.0 Å². The molecule has 0 saturated heterocycles. The van der Waals surface area contributed by atoms with Gasteiger partial charge in [-0.25, -0.2) is 17.8 Å². The first kappa shape index (κ1) is 30.7. The molecule has 8 nitrogen and oxygen atoms in total. The van der Waals surface area contributed by atoms with E-state index < -0.39 is 39.6 Å². The van der Waals surface area contributed by atoms with Crippen LogP contribution in [0.4, 0.5) is 10.2 Å². The molecule has 1 aliphatic heterocycles. The zero-order valence-corrected chi connectivity index (χ0v) is 24.3. The van der Waals surface area contributed by atoms with Crippen molar-refractivity contribution in [1.29, 1.82) is 0 Å². The van der Waals surface area contributed by atoms with E-state index in [-0.39, 0.29) is 18.8 Å². The van der Waals surface area contributed by atoms with Gasteiger partial charge >= 0.3 is 5.97 Å². The summed E-state index contributed by atoms with van der Waals surface area (Å²) in [6.07, 6.45) is 3.06. The van der Waals surface area contributed by atoms with Gasteiger partial charge in [-0.2, -0.15) is 0 Å². The molecule has 0 amide bonds. The Morgan fingerprint density at radius 3 is 2.41 bits per heavy atom. The van der Waals surface area contributed by atoms with E-state index in [0.29, 0.717) is 42.0 Å². The Labute approximate surface area is 230 Å². The van der Waals surface area contributed by atoms with Gasteiger partial charge in [-0.1, -0.05) is 38.1 Å². The molecule has 0 saturated carbocycles. The molecule has 2 heterocycles. The van der Waals surface area contributed by atoms with Crippen molar-refractivity contribution in [2.24, 2.45) is 0 Å². The van der Waals surface area contributed by atoms with Crippen LogP contribution < -0.4 is 4.31 Å². The number of anilines is 1. The maximum Gasteiger partial charge on any atom is 0.308 e. The SMILES string of the molecule is CC(C)c1nc2c(c(-c3ccc(F)cc3)c1/C=C/[C@@H](O)C[C@@H](O)CC(=O)OC(C)(C)C)CCCN2S(C)(=O)=O. The standard InChI is InChI=1S/C29H39FN2O6S/c1-18(2)27-23(14-13-21(33)16-22(34)17-25(35)38-29(3,4)5)26(19-9-11-20(30)12-10-19)24-8-7-15-32(28(24)31-27)39(6,36)37/h9-14,18,21-22,33-34H,7-8,15-17H2,1-6H3/b14-13+/t21-,22-/m1/s1. The molecule has 0 bridgehead atoms. The Balaban J connectivity index is 2.05. The van der Waals surface area contributed by atoms with Crippen LogP contribution in [-0.4, -0.2) is 60.2 Å². The van der Waals surface area contributed by atoms with E-state index in [0.717, 1.165) is 17.4 Å². The van der Waals surface area contributed by atoms with Crippen molar-refractivity contribution in [3.8, 4) is 11.1 Å². The third kappa shape index (κ3) is 8.09. The fourth-order valence-electron chi connectivity index (χ4n) is 4.69. The maximum atomic E-state index is 13.8. The number of halogens is 1. The van der Waals surface area contributed by atoms with Gasteiger partial charge in [-0.05, 0) is 62.8 Å². The molecular weight excluding hydrogens is 523 g/mol. The monoisotopic (exact) mass is 562 g/mol. The third-order valence-corrected chi connectivity index (χ3v) is 7.42. The molecule has 0 radical (unpaired) electrons. The first-order valence-electron chi connectivity index (χ1n) is 13.1. The first-order valence-corrected chi connectivity index (χ1v) is 15.0. The average Bonchev–Trinajstić information content (AvgIpc) is 2.80. The molecule has 1 aliphatic rings. The van der Waals surface area contributed by atoms with Crippen LogP contribution in [0.1, 0.15) is 76.6 Å². The highest BCUT2D eigenvalue weighted by molar-refractivity contribution is 7.92. The molecule has 0 aliphatic carbocycles. The number of fused-ring (bicyclic) bond motifs is 1. The number of ether oxygens (including phenoxy) is 1. The molecule has 2 atom stereocenters. The minimum absolute atomic E-state index is 0.0845.